The van der Waals surface area contributed by atoms with E-state index in [0.29, 0.717) is 18.4 Å². The Kier molecular flexibility index (Phi) is 16.2. The van der Waals surface area contributed by atoms with Crippen LogP contribution in [-0.4, -0.2) is 99.9 Å². The molecule has 0 aliphatic carbocycles. The topological polar surface area (TPSA) is 242 Å². The number of hydrogen-bond acceptors (Lipinski definition) is 8. The molecule has 3 aromatic rings. The number of para-hydroxylation sites is 1. The predicted molar refractivity (Wildman–Crippen MR) is 204 cm³/mol. The number of carboxylic acids is 1. The molecule has 0 bridgehead atoms. The van der Waals surface area contributed by atoms with E-state index < -0.39 is 77.8 Å². The molecule has 55 heavy (non-hydrogen) atoms. The van der Waals surface area contributed by atoms with Crippen LogP contribution in [0.15, 0.2) is 60.8 Å². The molecule has 0 aliphatic heterocycles. The number of likely N-dealkylation sites (N-methyl/N-ethyl adjacent to an activating group) is 1. The number of hydrogen-bond donors (Lipinski definition) is 7. The number of nitrogens with zero attached hydrogens (tertiary/aromatic N) is 1. The Bertz CT molecular complexity index is 1810. The van der Waals surface area contributed by atoms with Crippen molar-refractivity contribution in [3.63, 3.8) is 0 Å². The van der Waals surface area contributed by atoms with Gasteiger partial charge in [-0.25, -0.2) is 4.79 Å². The monoisotopic (exact) mass is 763 g/mol. The zero-order valence-corrected chi connectivity index (χ0v) is 32.0. The number of alkyl carbamates (subject to hydrolysis) is 1. The van der Waals surface area contributed by atoms with Gasteiger partial charge in [0.05, 0.1) is 6.42 Å². The van der Waals surface area contributed by atoms with Gasteiger partial charge in [-0.15, -0.1) is 0 Å². The van der Waals surface area contributed by atoms with E-state index >= 15 is 0 Å². The lowest BCUT2D eigenvalue weighted by Gasteiger charge is -2.32. The first kappa shape index (κ1) is 43.5. The van der Waals surface area contributed by atoms with E-state index in [4.69, 9.17) is 10.5 Å². The number of nitrogens with two attached hydrogens (primary N) is 1. The summed E-state index contributed by atoms with van der Waals surface area (Å²) in [5.74, 6) is -5.16. The normalized spacial score (nSPS) is 13.4. The summed E-state index contributed by atoms with van der Waals surface area (Å²) in [6.07, 6.45) is 1.39. The number of unbranched alkanes of at least 4 members (excludes halogenated alkanes) is 1. The molecule has 1 aromatic heterocycles. The predicted octanol–water partition coefficient (Wildman–Crippen LogP) is 2.30. The summed E-state index contributed by atoms with van der Waals surface area (Å²) in [6.45, 7) is 6.94. The van der Waals surface area contributed by atoms with Crippen LogP contribution in [0.25, 0.3) is 10.9 Å². The summed E-state index contributed by atoms with van der Waals surface area (Å²) in [6, 6.07) is 11.0. The molecule has 0 unspecified atom stereocenters. The van der Waals surface area contributed by atoms with E-state index in [1.807, 2.05) is 31.2 Å². The van der Waals surface area contributed by atoms with Crippen LogP contribution in [0.5, 0.6) is 0 Å². The quantitative estimate of drug-likeness (QED) is 0.0892. The van der Waals surface area contributed by atoms with Crippen molar-refractivity contribution >= 4 is 52.5 Å². The highest BCUT2D eigenvalue weighted by atomic mass is 16.6. The first-order valence-electron chi connectivity index (χ1n) is 18.2. The fourth-order valence-electron chi connectivity index (χ4n) is 5.87. The maximum atomic E-state index is 14.3. The number of primary amides is 1. The number of rotatable bonds is 20. The Morgan fingerprint density at radius 2 is 1.53 bits per heavy atom. The maximum absolute atomic E-state index is 14.3. The Hall–Kier alpha value is -5.93. The molecule has 0 aliphatic rings. The van der Waals surface area contributed by atoms with Crippen molar-refractivity contribution in [3.05, 3.63) is 71.9 Å². The van der Waals surface area contributed by atoms with Crippen molar-refractivity contribution in [1.82, 2.24) is 31.2 Å². The standard InChI is InChI=1S/C39H53N7O9/c1-6-7-17-31(36(52)45-29(22-33(48)49)35(51)44-28(34(40)50)20-24-13-9-8-10-14-24)46(5)37(53)30(21-25-23-42-27-16-12-11-15-26(25)27)43-32(47)18-19-41-38(54)55-39(2,3)4/h8-16,23,28-31,42H,6-7,17-22H2,1-5H3,(H2,40,50)(H,41,54)(H,43,47)(H,44,51)(H,45,52)(H,48,49)/t28-,29-,30-,31-/m0/s1. The third-order valence-corrected chi connectivity index (χ3v) is 8.66. The molecule has 1 heterocycles. The largest absolute Gasteiger partial charge is 0.481 e. The SMILES string of the molecule is CCCC[C@@H](C(=O)N[C@@H](CC(=O)O)C(=O)N[C@@H](Cc1ccccc1)C(N)=O)N(C)C(=O)[C@H](Cc1c[nH]c2ccccc12)NC(=O)CCNC(=O)OC(C)(C)C. The Labute approximate surface area is 320 Å². The fraction of sp³-hybridized carbons (Fsp3) is 0.462. The van der Waals surface area contributed by atoms with E-state index in [9.17, 15) is 38.7 Å². The summed E-state index contributed by atoms with van der Waals surface area (Å²) in [5, 5.41) is 20.7. The lowest BCUT2D eigenvalue weighted by molar-refractivity contribution is -0.144. The number of aromatic amines is 1. The molecular formula is C39H53N7O9. The van der Waals surface area contributed by atoms with Crippen molar-refractivity contribution in [1.29, 1.82) is 0 Å². The highest BCUT2D eigenvalue weighted by Crippen LogP contribution is 2.21. The third kappa shape index (κ3) is 14.1. The van der Waals surface area contributed by atoms with Gasteiger partial charge < -0.3 is 46.7 Å². The van der Waals surface area contributed by atoms with E-state index in [2.05, 4.69) is 26.3 Å². The van der Waals surface area contributed by atoms with Gasteiger partial charge in [-0.05, 0) is 44.4 Å². The van der Waals surface area contributed by atoms with Crippen LogP contribution >= 0.6 is 0 Å². The van der Waals surface area contributed by atoms with Crippen molar-refractivity contribution in [2.24, 2.45) is 5.73 Å². The maximum Gasteiger partial charge on any atom is 0.407 e. The fourth-order valence-corrected chi connectivity index (χ4v) is 5.87. The molecule has 2 aromatic carbocycles. The molecule has 8 N–H and O–H groups in total. The zero-order chi connectivity index (χ0) is 40.7. The molecule has 0 saturated carbocycles. The minimum atomic E-state index is -1.62. The summed E-state index contributed by atoms with van der Waals surface area (Å²) < 4.78 is 5.22. The number of aliphatic carboxylic acids is 1. The molecule has 0 spiro atoms. The van der Waals surface area contributed by atoms with E-state index in [1.54, 1.807) is 57.3 Å². The van der Waals surface area contributed by atoms with E-state index in [1.165, 1.54) is 11.9 Å². The molecule has 3 rings (SSSR count). The lowest BCUT2D eigenvalue weighted by Crippen LogP contribution is -2.59. The number of benzene rings is 2. The number of carboxylic acid groups (broad SMARTS) is 1. The van der Waals surface area contributed by atoms with Crippen molar-refractivity contribution in [2.75, 3.05) is 13.6 Å². The number of fused-ring (bicyclic) bond motifs is 1. The number of aromatic nitrogens is 1. The van der Waals surface area contributed by atoms with Crippen LogP contribution in [-0.2, 0) is 46.3 Å². The highest BCUT2D eigenvalue weighted by molar-refractivity contribution is 5.97. The number of ether oxygens (including phenoxy) is 1. The van der Waals surface area contributed by atoms with E-state index in [-0.39, 0.29) is 32.2 Å². The van der Waals surface area contributed by atoms with Gasteiger partial charge in [0.15, 0.2) is 0 Å². The van der Waals surface area contributed by atoms with Crippen LogP contribution in [0.3, 0.4) is 0 Å². The summed E-state index contributed by atoms with van der Waals surface area (Å²) >= 11 is 0. The third-order valence-electron chi connectivity index (χ3n) is 8.66. The second-order valence-corrected chi connectivity index (χ2v) is 14.3. The molecular weight excluding hydrogens is 710 g/mol. The molecule has 4 atom stereocenters. The Balaban J connectivity index is 1.84. The molecule has 0 fully saturated rings. The van der Waals surface area contributed by atoms with E-state index in [0.717, 1.165) is 16.5 Å². The molecule has 298 valence electrons. The highest BCUT2D eigenvalue weighted by Gasteiger charge is 2.35. The first-order chi connectivity index (χ1) is 26.0. The van der Waals surface area contributed by atoms with Gasteiger partial charge in [-0.2, -0.15) is 0 Å². The Morgan fingerprint density at radius 1 is 0.873 bits per heavy atom. The minimum Gasteiger partial charge on any atom is -0.481 e. The number of amides is 6. The van der Waals surface area contributed by atoms with Gasteiger partial charge in [-0.1, -0.05) is 68.3 Å². The molecule has 6 amide bonds. The first-order valence-corrected chi connectivity index (χ1v) is 18.2. The van der Waals surface area contributed by atoms with Crippen LogP contribution in [0.1, 0.15) is 70.9 Å². The van der Waals surface area contributed by atoms with Crippen LogP contribution in [0, 0.1) is 0 Å². The number of H-pyrrole nitrogens is 1. The van der Waals surface area contributed by atoms with Gasteiger partial charge in [0.2, 0.25) is 29.5 Å². The van der Waals surface area contributed by atoms with Crippen molar-refractivity contribution < 1.29 is 43.4 Å². The second kappa shape index (κ2) is 20.5. The van der Waals surface area contributed by atoms with Gasteiger partial charge in [0.1, 0.15) is 29.8 Å². The van der Waals surface area contributed by atoms with Crippen molar-refractivity contribution in [3.8, 4) is 0 Å². The average molecular weight is 764 g/mol. The van der Waals surface area contributed by atoms with Gasteiger partial charge in [0.25, 0.3) is 0 Å². The van der Waals surface area contributed by atoms with Crippen LogP contribution in [0.2, 0.25) is 0 Å². The summed E-state index contributed by atoms with van der Waals surface area (Å²) in [7, 11) is 1.40. The Morgan fingerprint density at radius 3 is 2.16 bits per heavy atom. The van der Waals surface area contributed by atoms with Gasteiger partial charge in [-0.3, -0.25) is 28.8 Å². The molecule has 16 heteroatoms. The summed E-state index contributed by atoms with van der Waals surface area (Å²) in [5.41, 5.74) is 7.05. The number of nitrogens with one attached hydrogen (secondary N) is 5. The van der Waals surface area contributed by atoms with Crippen LogP contribution < -0.4 is 27.0 Å². The van der Waals surface area contributed by atoms with Crippen molar-refractivity contribution in [2.45, 2.75) is 102 Å². The molecule has 16 nitrogen and oxygen atoms in total. The smallest absolute Gasteiger partial charge is 0.407 e. The zero-order valence-electron chi connectivity index (χ0n) is 32.0. The van der Waals surface area contributed by atoms with Gasteiger partial charge >= 0.3 is 12.1 Å². The summed E-state index contributed by atoms with van der Waals surface area (Å²) in [4.78, 5) is 95.4. The second-order valence-electron chi connectivity index (χ2n) is 14.3. The number of carbonyl (C=O) groups excluding carboxylic acids is 6. The van der Waals surface area contributed by atoms with Gasteiger partial charge in [0, 0.05) is 50.0 Å². The average Bonchev–Trinajstić information content (AvgIpc) is 3.52. The minimum absolute atomic E-state index is 0.0343. The lowest BCUT2D eigenvalue weighted by atomic mass is 10.0. The van der Waals surface area contributed by atoms with Crippen LogP contribution in [0.4, 0.5) is 4.79 Å². The molecule has 0 radical (unpaired) electrons. The number of carbonyl (C=O) groups is 7. The molecule has 0 saturated heterocycles.